The molecule has 1 aliphatic carbocycles. The van der Waals surface area contributed by atoms with E-state index < -0.39 is 12.1 Å². The number of fused-ring (bicyclic) bond motifs is 3. The van der Waals surface area contributed by atoms with Crippen LogP contribution in [0.5, 0.6) is 0 Å². The Kier molecular flexibility index (Phi) is 5.01. The van der Waals surface area contributed by atoms with Crippen molar-refractivity contribution in [3.63, 3.8) is 0 Å². The van der Waals surface area contributed by atoms with Crippen molar-refractivity contribution in [2.45, 2.75) is 38.3 Å². The number of rotatable bonds is 4. The third-order valence-electron chi connectivity index (χ3n) is 5.25. The van der Waals surface area contributed by atoms with E-state index in [0.29, 0.717) is 0 Å². The first kappa shape index (κ1) is 19.4. The maximum atomic E-state index is 12.8. The average Bonchev–Trinajstić information content (AvgIpc) is 3.22. The third-order valence-corrected chi connectivity index (χ3v) is 5.25. The summed E-state index contributed by atoms with van der Waals surface area (Å²) in [5, 5.41) is 0. The van der Waals surface area contributed by atoms with E-state index in [0.717, 1.165) is 16.0 Å². The summed E-state index contributed by atoms with van der Waals surface area (Å²) in [5.74, 6) is -0.411. The normalized spacial score (nSPS) is 18.1. The van der Waals surface area contributed by atoms with Crippen LogP contribution >= 0.6 is 0 Å². The molecular formula is C24H25NO4. The fourth-order valence-electron chi connectivity index (χ4n) is 3.88. The van der Waals surface area contributed by atoms with Crippen LogP contribution in [0.1, 0.15) is 37.8 Å². The largest absolute Gasteiger partial charge is 0.448 e. The summed E-state index contributed by atoms with van der Waals surface area (Å²) >= 11 is 0. The number of nitrogens with zero attached hydrogens (tertiary/aromatic N) is 1. The predicted molar refractivity (Wildman–Crippen MR) is 111 cm³/mol. The quantitative estimate of drug-likeness (QED) is 0.769. The first-order valence-corrected chi connectivity index (χ1v) is 9.85. The highest BCUT2D eigenvalue weighted by molar-refractivity contribution is 6.01. The van der Waals surface area contributed by atoms with Gasteiger partial charge in [-0.1, -0.05) is 54.6 Å². The molecule has 0 aromatic heterocycles. The van der Waals surface area contributed by atoms with Gasteiger partial charge in [0.25, 0.3) is 5.91 Å². The van der Waals surface area contributed by atoms with E-state index in [2.05, 4.69) is 24.3 Å². The Morgan fingerprint density at radius 3 is 2.14 bits per heavy atom. The monoisotopic (exact) mass is 391 g/mol. The van der Waals surface area contributed by atoms with E-state index in [4.69, 9.17) is 9.47 Å². The lowest BCUT2D eigenvalue weighted by Crippen LogP contribution is -2.43. The summed E-state index contributed by atoms with van der Waals surface area (Å²) in [6, 6.07) is 15.9. The van der Waals surface area contributed by atoms with Gasteiger partial charge < -0.3 is 9.47 Å². The van der Waals surface area contributed by atoms with Crippen LogP contribution in [0.3, 0.4) is 0 Å². The molecule has 2 aromatic rings. The topological polar surface area (TPSA) is 55.8 Å². The van der Waals surface area contributed by atoms with Crippen molar-refractivity contribution in [3.05, 3.63) is 71.8 Å². The van der Waals surface area contributed by atoms with Gasteiger partial charge >= 0.3 is 6.09 Å². The van der Waals surface area contributed by atoms with E-state index >= 15 is 0 Å². The Labute approximate surface area is 170 Å². The minimum absolute atomic E-state index is 0.0405. The molecule has 4 rings (SSSR count). The predicted octanol–water partition coefficient (Wildman–Crippen LogP) is 4.52. The Balaban J connectivity index is 1.48. The number of carbonyl (C=O) groups excluding carboxylic acids is 2. The molecule has 1 atom stereocenters. The Hall–Kier alpha value is -2.92. The molecule has 29 heavy (non-hydrogen) atoms. The SMILES string of the molecule is CC(C)(C)OC[C@H]1C=CC(=O)N1C(=O)OCC1c2ccccc2-c2ccccc21. The van der Waals surface area contributed by atoms with Gasteiger partial charge in [0.2, 0.25) is 0 Å². The zero-order chi connectivity index (χ0) is 20.6. The lowest BCUT2D eigenvalue weighted by atomic mass is 9.98. The van der Waals surface area contributed by atoms with E-state index in [9.17, 15) is 9.59 Å². The first-order chi connectivity index (χ1) is 13.8. The summed E-state index contributed by atoms with van der Waals surface area (Å²) in [5.41, 5.74) is 4.26. The lowest BCUT2D eigenvalue weighted by Gasteiger charge is -2.27. The van der Waals surface area contributed by atoms with Crippen molar-refractivity contribution >= 4 is 12.0 Å². The van der Waals surface area contributed by atoms with E-state index in [-0.39, 0.29) is 30.6 Å². The highest BCUT2D eigenvalue weighted by Gasteiger charge is 2.35. The molecule has 1 heterocycles. The second-order valence-electron chi connectivity index (χ2n) is 8.36. The van der Waals surface area contributed by atoms with Gasteiger partial charge in [0.1, 0.15) is 6.61 Å². The van der Waals surface area contributed by atoms with Crippen molar-refractivity contribution < 1.29 is 19.1 Å². The van der Waals surface area contributed by atoms with E-state index in [1.165, 1.54) is 17.2 Å². The summed E-state index contributed by atoms with van der Waals surface area (Å²) in [7, 11) is 0. The molecule has 0 radical (unpaired) electrons. The molecule has 2 amide bonds. The number of imide groups is 1. The van der Waals surface area contributed by atoms with Gasteiger partial charge in [-0.15, -0.1) is 0 Å². The second kappa shape index (κ2) is 7.48. The Morgan fingerprint density at radius 2 is 1.55 bits per heavy atom. The minimum Gasteiger partial charge on any atom is -0.448 e. The molecule has 2 aliphatic rings. The average molecular weight is 391 g/mol. The van der Waals surface area contributed by atoms with Gasteiger partial charge in [-0.2, -0.15) is 0 Å². The van der Waals surface area contributed by atoms with Crippen LogP contribution in [-0.2, 0) is 14.3 Å². The maximum absolute atomic E-state index is 12.8. The number of amides is 2. The minimum atomic E-state index is -0.635. The molecule has 5 heteroatoms. The number of benzene rings is 2. The number of ether oxygens (including phenoxy) is 2. The summed E-state index contributed by atoms with van der Waals surface area (Å²) < 4.78 is 11.4. The molecule has 0 unspecified atom stereocenters. The van der Waals surface area contributed by atoms with Crippen molar-refractivity contribution in [2.24, 2.45) is 0 Å². The lowest BCUT2D eigenvalue weighted by molar-refractivity contribution is -0.126. The third kappa shape index (κ3) is 3.83. The Bertz CT molecular complexity index is 927. The van der Waals surface area contributed by atoms with Crippen molar-refractivity contribution in [1.29, 1.82) is 0 Å². The number of carbonyl (C=O) groups is 2. The van der Waals surface area contributed by atoms with Gasteiger partial charge in [-0.25, -0.2) is 9.69 Å². The molecule has 1 aliphatic heterocycles. The van der Waals surface area contributed by atoms with Crippen LogP contribution in [0.15, 0.2) is 60.7 Å². The smallest absolute Gasteiger partial charge is 0.417 e. The molecule has 0 saturated carbocycles. The molecule has 0 bridgehead atoms. The summed E-state index contributed by atoms with van der Waals surface area (Å²) in [4.78, 5) is 26.1. The molecule has 0 fully saturated rings. The van der Waals surface area contributed by atoms with Gasteiger partial charge in [0, 0.05) is 12.0 Å². The second-order valence-corrected chi connectivity index (χ2v) is 8.36. The van der Waals surface area contributed by atoms with Gasteiger partial charge in [0.05, 0.1) is 18.2 Å². The highest BCUT2D eigenvalue weighted by atomic mass is 16.6. The standard InChI is InChI=1S/C24H25NO4/c1-24(2,3)29-14-16-12-13-22(26)25(16)23(27)28-15-21-19-10-6-4-8-17(19)18-9-5-7-11-20(18)21/h4-13,16,21H,14-15H2,1-3H3/t16-/m1/s1. The summed E-state index contributed by atoms with van der Waals surface area (Å²) in [6.45, 7) is 6.24. The molecule has 5 nitrogen and oxygen atoms in total. The number of hydrogen-bond acceptors (Lipinski definition) is 4. The van der Waals surface area contributed by atoms with Crippen molar-refractivity contribution in [3.8, 4) is 11.1 Å². The molecular weight excluding hydrogens is 366 g/mol. The fraction of sp³-hybridized carbons (Fsp3) is 0.333. The molecule has 150 valence electrons. The molecule has 0 spiro atoms. The van der Waals surface area contributed by atoms with Crippen LogP contribution in [0, 0.1) is 0 Å². The van der Waals surface area contributed by atoms with Gasteiger partial charge in [-0.05, 0) is 43.0 Å². The molecule has 0 N–H and O–H groups in total. The molecule has 0 saturated heterocycles. The fourth-order valence-corrected chi connectivity index (χ4v) is 3.88. The van der Waals surface area contributed by atoms with Gasteiger partial charge in [0.15, 0.2) is 0 Å². The van der Waals surface area contributed by atoms with Gasteiger partial charge in [-0.3, -0.25) is 4.79 Å². The highest BCUT2D eigenvalue weighted by Crippen LogP contribution is 2.44. The first-order valence-electron chi connectivity index (χ1n) is 9.85. The Morgan fingerprint density at radius 1 is 0.966 bits per heavy atom. The molecule has 2 aromatic carbocycles. The van der Waals surface area contributed by atoms with Crippen LogP contribution in [0.25, 0.3) is 11.1 Å². The maximum Gasteiger partial charge on any atom is 0.417 e. The zero-order valence-corrected chi connectivity index (χ0v) is 16.9. The van der Waals surface area contributed by atoms with E-state index in [1.54, 1.807) is 6.08 Å². The van der Waals surface area contributed by atoms with Crippen molar-refractivity contribution in [1.82, 2.24) is 4.90 Å². The van der Waals surface area contributed by atoms with Crippen LogP contribution in [0.4, 0.5) is 4.79 Å². The summed E-state index contributed by atoms with van der Waals surface area (Å²) in [6.07, 6.45) is 2.46. The van der Waals surface area contributed by atoms with Crippen LogP contribution < -0.4 is 0 Å². The van der Waals surface area contributed by atoms with E-state index in [1.807, 2.05) is 45.0 Å². The van der Waals surface area contributed by atoms with Crippen LogP contribution in [0.2, 0.25) is 0 Å². The van der Waals surface area contributed by atoms with Crippen molar-refractivity contribution in [2.75, 3.05) is 13.2 Å². The van der Waals surface area contributed by atoms with Crippen LogP contribution in [-0.4, -0.2) is 41.8 Å². The number of hydrogen-bond donors (Lipinski definition) is 0. The zero-order valence-electron chi connectivity index (χ0n) is 16.9.